The van der Waals surface area contributed by atoms with Gasteiger partial charge in [0, 0.05) is 51.9 Å². The molecular formula is C21H31N3O2. The second kappa shape index (κ2) is 8.07. The molecule has 1 aromatic carbocycles. The Kier molecular flexibility index (Phi) is 5.57. The van der Waals surface area contributed by atoms with E-state index in [9.17, 15) is 4.79 Å². The summed E-state index contributed by atoms with van der Waals surface area (Å²) in [5.74, 6) is 0.569. The van der Waals surface area contributed by atoms with Crippen LogP contribution in [0.2, 0.25) is 0 Å². The van der Waals surface area contributed by atoms with Crippen molar-refractivity contribution in [2.45, 2.75) is 31.3 Å². The summed E-state index contributed by atoms with van der Waals surface area (Å²) in [7, 11) is 1.75. The largest absolute Gasteiger partial charge is 0.383 e. The van der Waals surface area contributed by atoms with E-state index in [1.54, 1.807) is 7.11 Å². The standard InChI is InChI=1S/C21H31N3O2/c1-26-15-14-22-10-12-23(13-11-22)21(25)18-16-20(17-6-3-2-4-7-17)24-9-5-8-19(18)24/h2-4,6-7,18-20H,5,8-16H2,1H3/t18-,19+,20-/m0/s1. The van der Waals surface area contributed by atoms with E-state index in [4.69, 9.17) is 4.74 Å². The topological polar surface area (TPSA) is 36.0 Å². The number of carbonyl (C=O) groups is 1. The third-order valence-electron chi connectivity index (χ3n) is 6.48. The van der Waals surface area contributed by atoms with Crippen LogP contribution in [0.15, 0.2) is 30.3 Å². The SMILES string of the molecule is COCCN1CCN(C(=O)[C@H]2C[C@@H](c3ccccc3)N3CCC[C@H]23)CC1. The number of hydrogen-bond donors (Lipinski definition) is 0. The molecule has 3 saturated heterocycles. The van der Waals surface area contributed by atoms with E-state index in [0.29, 0.717) is 18.0 Å². The summed E-state index contributed by atoms with van der Waals surface area (Å²) >= 11 is 0. The highest BCUT2D eigenvalue weighted by molar-refractivity contribution is 5.80. The van der Waals surface area contributed by atoms with Gasteiger partial charge in [-0.25, -0.2) is 0 Å². The second-order valence-corrected chi connectivity index (χ2v) is 7.88. The van der Waals surface area contributed by atoms with Gasteiger partial charge in [0.25, 0.3) is 0 Å². The van der Waals surface area contributed by atoms with Gasteiger partial charge in [-0.3, -0.25) is 14.6 Å². The molecule has 4 rings (SSSR count). The fourth-order valence-electron chi connectivity index (χ4n) is 5.08. The number of ether oxygens (including phenoxy) is 1. The molecule has 1 amide bonds. The number of fused-ring (bicyclic) bond motifs is 1. The minimum absolute atomic E-state index is 0.174. The summed E-state index contributed by atoms with van der Waals surface area (Å²) in [5.41, 5.74) is 1.37. The molecular weight excluding hydrogens is 326 g/mol. The highest BCUT2D eigenvalue weighted by Crippen LogP contribution is 2.45. The zero-order chi connectivity index (χ0) is 17.9. The first-order valence-corrected chi connectivity index (χ1v) is 10.1. The fraction of sp³-hybridized carbons (Fsp3) is 0.667. The average Bonchev–Trinajstić information content (AvgIpc) is 3.29. The van der Waals surface area contributed by atoms with E-state index in [2.05, 4.69) is 45.0 Å². The molecule has 0 unspecified atom stereocenters. The molecule has 26 heavy (non-hydrogen) atoms. The van der Waals surface area contributed by atoms with Crippen LogP contribution >= 0.6 is 0 Å². The fourth-order valence-corrected chi connectivity index (χ4v) is 5.08. The van der Waals surface area contributed by atoms with E-state index in [1.807, 2.05) is 0 Å². The molecule has 0 bridgehead atoms. The normalized spacial score (nSPS) is 29.9. The monoisotopic (exact) mass is 357 g/mol. The van der Waals surface area contributed by atoms with Gasteiger partial charge in [0.1, 0.15) is 0 Å². The maximum atomic E-state index is 13.3. The molecule has 1 aromatic rings. The van der Waals surface area contributed by atoms with E-state index in [-0.39, 0.29) is 5.92 Å². The number of hydrogen-bond acceptors (Lipinski definition) is 4. The summed E-state index contributed by atoms with van der Waals surface area (Å²) < 4.78 is 5.17. The molecule has 5 nitrogen and oxygen atoms in total. The molecule has 0 radical (unpaired) electrons. The molecule has 0 spiro atoms. The summed E-state index contributed by atoms with van der Waals surface area (Å²) in [6, 6.07) is 11.6. The number of carbonyl (C=O) groups excluding carboxylic acids is 1. The van der Waals surface area contributed by atoms with Crippen molar-refractivity contribution in [1.29, 1.82) is 0 Å². The summed E-state index contributed by atoms with van der Waals surface area (Å²) in [4.78, 5) is 20.4. The van der Waals surface area contributed by atoms with Crippen molar-refractivity contribution in [2.24, 2.45) is 5.92 Å². The van der Waals surface area contributed by atoms with Gasteiger partial charge >= 0.3 is 0 Å². The van der Waals surface area contributed by atoms with E-state index in [1.165, 1.54) is 18.4 Å². The highest BCUT2D eigenvalue weighted by atomic mass is 16.5. The lowest BCUT2D eigenvalue weighted by Gasteiger charge is -2.36. The zero-order valence-electron chi connectivity index (χ0n) is 15.8. The Balaban J connectivity index is 1.40. The van der Waals surface area contributed by atoms with Crippen LogP contribution in [0.25, 0.3) is 0 Å². The Hall–Kier alpha value is -1.43. The van der Waals surface area contributed by atoms with Gasteiger partial charge in [-0.2, -0.15) is 0 Å². The van der Waals surface area contributed by atoms with Gasteiger partial charge in [-0.05, 0) is 31.4 Å². The minimum Gasteiger partial charge on any atom is -0.383 e. The van der Waals surface area contributed by atoms with Crippen molar-refractivity contribution in [3.05, 3.63) is 35.9 Å². The molecule has 0 aliphatic carbocycles. The lowest BCUT2D eigenvalue weighted by molar-refractivity contribution is -0.138. The van der Waals surface area contributed by atoms with Gasteiger partial charge in [-0.15, -0.1) is 0 Å². The Labute approximate surface area is 156 Å². The highest BCUT2D eigenvalue weighted by Gasteiger charge is 2.48. The van der Waals surface area contributed by atoms with Crippen LogP contribution in [0.4, 0.5) is 0 Å². The molecule has 3 aliphatic rings. The number of amides is 1. The molecule has 0 N–H and O–H groups in total. The van der Waals surface area contributed by atoms with Crippen molar-refractivity contribution >= 4 is 5.91 Å². The van der Waals surface area contributed by atoms with Crippen molar-refractivity contribution in [1.82, 2.24) is 14.7 Å². The molecule has 3 aliphatic heterocycles. The second-order valence-electron chi connectivity index (χ2n) is 7.88. The smallest absolute Gasteiger partial charge is 0.227 e. The van der Waals surface area contributed by atoms with Crippen LogP contribution in [-0.4, -0.2) is 79.6 Å². The minimum atomic E-state index is 0.174. The lowest BCUT2D eigenvalue weighted by Crippen LogP contribution is -2.52. The summed E-state index contributed by atoms with van der Waals surface area (Å²) in [5, 5.41) is 0. The number of piperazine rings is 1. The van der Waals surface area contributed by atoms with Crippen molar-refractivity contribution in [3.63, 3.8) is 0 Å². The maximum absolute atomic E-state index is 13.3. The number of benzene rings is 1. The third-order valence-corrected chi connectivity index (χ3v) is 6.48. The van der Waals surface area contributed by atoms with Crippen molar-refractivity contribution in [3.8, 4) is 0 Å². The van der Waals surface area contributed by atoms with Gasteiger partial charge < -0.3 is 9.64 Å². The molecule has 3 atom stereocenters. The number of nitrogens with zero attached hydrogens (tertiary/aromatic N) is 3. The predicted molar refractivity (Wildman–Crippen MR) is 102 cm³/mol. The van der Waals surface area contributed by atoms with Crippen molar-refractivity contribution in [2.75, 3.05) is 53.0 Å². The first-order valence-electron chi connectivity index (χ1n) is 10.1. The maximum Gasteiger partial charge on any atom is 0.227 e. The number of rotatable bonds is 5. The number of methoxy groups -OCH3 is 1. The molecule has 0 aromatic heterocycles. The van der Waals surface area contributed by atoms with Crippen LogP contribution in [0.5, 0.6) is 0 Å². The predicted octanol–water partition coefficient (Wildman–Crippen LogP) is 2.00. The average molecular weight is 357 g/mol. The van der Waals surface area contributed by atoms with Crippen molar-refractivity contribution < 1.29 is 9.53 Å². The Bertz CT molecular complexity index is 601. The quantitative estimate of drug-likeness (QED) is 0.808. The molecule has 142 valence electrons. The van der Waals surface area contributed by atoms with Crippen LogP contribution in [0.3, 0.4) is 0 Å². The van der Waals surface area contributed by atoms with E-state index in [0.717, 1.165) is 52.3 Å². The Morgan fingerprint density at radius 2 is 1.88 bits per heavy atom. The first kappa shape index (κ1) is 18.0. The van der Waals surface area contributed by atoms with E-state index < -0.39 is 0 Å². The van der Waals surface area contributed by atoms with Gasteiger partial charge in [0.15, 0.2) is 0 Å². The van der Waals surface area contributed by atoms with Crippen LogP contribution in [0.1, 0.15) is 30.9 Å². The third kappa shape index (κ3) is 3.53. The summed E-state index contributed by atoms with van der Waals surface area (Å²) in [6.45, 7) is 6.54. The molecule has 3 fully saturated rings. The van der Waals surface area contributed by atoms with Gasteiger partial charge in [-0.1, -0.05) is 30.3 Å². The first-order chi connectivity index (χ1) is 12.8. The van der Waals surface area contributed by atoms with Crippen LogP contribution < -0.4 is 0 Å². The summed E-state index contributed by atoms with van der Waals surface area (Å²) in [6.07, 6.45) is 3.38. The lowest BCUT2D eigenvalue weighted by atomic mass is 9.93. The van der Waals surface area contributed by atoms with Gasteiger partial charge in [0.05, 0.1) is 12.5 Å². The molecule has 0 saturated carbocycles. The van der Waals surface area contributed by atoms with Crippen LogP contribution in [0, 0.1) is 5.92 Å². The Morgan fingerprint density at radius 1 is 1.12 bits per heavy atom. The Morgan fingerprint density at radius 3 is 2.62 bits per heavy atom. The molecule has 5 heteroatoms. The molecule has 3 heterocycles. The van der Waals surface area contributed by atoms with Crippen LogP contribution in [-0.2, 0) is 9.53 Å². The zero-order valence-corrected chi connectivity index (χ0v) is 15.8. The van der Waals surface area contributed by atoms with Gasteiger partial charge in [0.2, 0.25) is 5.91 Å². The van der Waals surface area contributed by atoms with E-state index >= 15 is 0 Å².